The van der Waals surface area contributed by atoms with Gasteiger partial charge in [0, 0.05) is 11.3 Å². The van der Waals surface area contributed by atoms with Gasteiger partial charge in [0.05, 0.1) is 0 Å². The molecule has 4 heteroatoms. The zero-order valence-corrected chi connectivity index (χ0v) is 16.3. The lowest BCUT2D eigenvalue weighted by Gasteiger charge is -2.08. The number of aliphatic carboxylic acids is 2. The van der Waals surface area contributed by atoms with Gasteiger partial charge in [0.25, 0.3) is 0 Å². The van der Waals surface area contributed by atoms with Crippen LogP contribution in [0.1, 0.15) is 67.2 Å². The molecule has 0 aromatic rings. The third kappa shape index (κ3) is 4.42. The molecule has 1 saturated carbocycles. The average Bonchev–Trinajstić information content (AvgIpc) is 2.95. The normalized spacial score (nSPS) is 21.6. The fraction of sp³-hybridized carbons (Fsp3) is 0.619. The highest BCUT2D eigenvalue weighted by Gasteiger charge is 2.80. The van der Waals surface area contributed by atoms with E-state index in [4.69, 9.17) is 0 Å². The second kappa shape index (κ2) is 8.03. The Labute approximate surface area is 151 Å². The number of carboxylic acids is 2. The summed E-state index contributed by atoms with van der Waals surface area (Å²) in [4.78, 5) is 23.1. The molecule has 1 unspecified atom stereocenters. The van der Waals surface area contributed by atoms with Crippen LogP contribution in [0.25, 0.3) is 0 Å². The second-order valence-corrected chi connectivity index (χ2v) is 8.04. The topological polar surface area (TPSA) is 74.6 Å². The van der Waals surface area contributed by atoms with Crippen molar-refractivity contribution in [2.45, 2.75) is 67.2 Å². The molecule has 0 aromatic heterocycles. The Morgan fingerprint density at radius 2 is 1.36 bits per heavy atom. The van der Waals surface area contributed by atoms with Gasteiger partial charge in [-0.25, -0.2) is 0 Å². The summed E-state index contributed by atoms with van der Waals surface area (Å²) in [6, 6.07) is 0. The summed E-state index contributed by atoms with van der Waals surface area (Å²) in [5, 5.41) is 18.9. The van der Waals surface area contributed by atoms with E-state index in [1.165, 1.54) is 11.1 Å². The molecule has 4 nitrogen and oxygen atoms in total. The number of allylic oxidation sites excluding steroid dienone is 6. The van der Waals surface area contributed by atoms with Crippen LogP contribution >= 0.6 is 0 Å². The van der Waals surface area contributed by atoms with E-state index in [-0.39, 0.29) is 0 Å². The zero-order chi connectivity index (χ0) is 19.4. The average molecular weight is 348 g/mol. The molecule has 25 heavy (non-hydrogen) atoms. The molecular formula is C21H32O4. The fourth-order valence-corrected chi connectivity index (χ4v) is 3.65. The highest BCUT2D eigenvalue weighted by atomic mass is 16.4. The predicted molar refractivity (Wildman–Crippen MR) is 100 cm³/mol. The minimum atomic E-state index is -1.69. The Bertz CT molecular complexity index is 602. The van der Waals surface area contributed by atoms with Crippen molar-refractivity contribution in [2.24, 2.45) is 16.7 Å². The van der Waals surface area contributed by atoms with Crippen molar-refractivity contribution in [1.29, 1.82) is 0 Å². The van der Waals surface area contributed by atoms with E-state index in [0.717, 1.165) is 31.3 Å². The highest BCUT2D eigenvalue weighted by Crippen LogP contribution is 2.70. The van der Waals surface area contributed by atoms with E-state index in [9.17, 15) is 19.8 Å². The van der Waals surface area contributed by atoms with Crippen LogP contribution in [0, 0.1) is 16.7 Å². The summed E-state index contributed by atoms with van der Waals surface area (Å²) in [5.41, 5.74) is 1.28. The second-order valence-electron chi connectivity index (χ2n) is 8.04. The monoisotopic (exact) mass is 348 g/mol. The zero-order valence-electron chi connectivity index (χ0n) is 16.3. The number of hydrogen-bond donors (Lipinski definition) is 2. The minimum absolute atomic E-state index is 0.460. The summed E-state index contributed by atoms with van der Waals surface area (Å²) in [6.07, 6.45) is 10.1. The van der Waals surface area contributed by atoms with E-state index in [0.29, 0.717) is 0 Å². The van der Waals surface area contributed by atoms with Gasteiger partial charge in [0.2, 0.25) is 0 Å². The van der Waals surface area contributed by atoms with Gasteiger partial charge in [-0.05, 0) is 53.4 Å². The molecule has 0 amide bonds. The van der Waals surface area contributed by atoms with E-state index in [1.54, 1.807) is 13.8 Å². The third-order valence-electron chi connectivity index (χ3n) is 5.43. The number of rotatable bonds is 9. The molecule has 0 aliphatic heterocycles. The maximum atomic E-state index is 11.6. The molecular weight excluding hydrogens is 316 g/mol. The SMILES string of the molecule is CC(C)=CCCC(C)=CCCC(C)=CC1C(C)(C)C1(C(=O)O)C(=O)O. The standard InChI is InChI=1S/C21H32O4/c1-14(2)9-7-10-15(3)11-8-12-16(4)13-17-20(5,6)21(17,18(22)23)19(24)25/h9,11,13,17H,7-8,10,12H2,1-6H3,(H,22,23)(H,24,25). The smallest absolute Gasteiger partial charge is 0.322 e. The lowest BCUT2D eigenvalue weighted by molar-refractivity contribution is -0.159. The van der Waals surface area contributed by atoms with Crippen LogP contribution in [0.15, 0.2) is 34.9 Å². The molecule has 1 rings (SSSR count). The molecule has 0 heterocycles. The lowest BCUT2D eigenvalue weighted by atomic mass is 9.96. The van der Waals surface area contributed by atoms with Crippen LogP contribution in [-0.4, -0.2) is 22.2 Å². The highest BCUT2D eigenvalue weighted by molar-refractivity contribution is 6.04. The third-order valence-corrected chi connectivity index (χ3v) is 5.43. The molecule has 0 spiro atoms. The molecule has 0 radical (unpaired) electrons. The van der Waals surface area contributed by atoms with Crippen molar-refractivity contribution in [3.8, 4) is 0 Å². The Hall–Kier alpha value is -1.84. The maximum absolute atomic E-state index is 11.6. The summed E-state index contributed by atoms with van der Waals surface area (Å²) in [7, 11) is 0. The van der Waals surface area contributed by atoms with E-state index in [2.05, 4.69) is 32.9 Å². The van der Waals surface area contributed by atoms with Crippen LogP contribution in [0.2, 0.25) is 0 Å². The number of carboxylic acid groups (broad SMARTS) is 2. The summed E-state index contributed by atoms with van der Waals surface area (Å²) < 4.78 is 0. The molecule has 1 fully saturated rings. The first kappa shape index (κ1) is 21.2. The molecule has 1 atom stereocenters. The summed E-state index contributed by atoms with van der Waals surface area (Å²) >= 11 is 0. The van der Waals surface area contributed by atoms with Crippen LogP contribution in [0.4, 0.5) is 0 Å². The Morgan fingerprint density at radius 1 is 0.880 bits per heavy atom. The van der Waals surface area contributed by atoms with Crippen molar-refractivity contribution in [3.05, 3.63) is 34.9 Å². The van der Waals surface area contributed by atoms with Crippen molar-refractivity contribution in [3.63, 3.8) is 0 Å². The van der Waals surface area contributed by atoms with E-state index >= 15 is 0 Å². The molecule has 0 aromatic carbocycles. The summed E-state index contributed by atoms with van der Waals surface area (Å²) in [6.45, 7) is 11.7. The van der Waals surface area contributed by atoms with Crippen molar-refractivity contribution in [1.82, 2.24) is 0 Å². The Balaban J connectivity index is 2.66. The van der Waals surface area contributed by atoms with Gasteiger partial charge in [-0.2, -0.15) is 0 Å². The quantitative estimate of drug-likeness (QED) is 0.442. The van der Waals surface area contributed by atoms with Crippen molar-refractivity contribution >= 4 is 11.9 Å². The van der Waals surface area contributed by atoms with Gasteiger partial charge in [0.1, 0.15) is 0 Å². The van der Waals surface area contributed by atoms with Gasteiger partial charge in [0.15, 0.2) is 5.41 Å². The van der Waals surface area contributed by atoms with Crippen molar-refractivity contribution in [2.75, 3.05) is 0 Å². The van der Waals surface area contributed by atoms with Gasteiger partial charge in [-0.3, -0.25) is 9.59 Å². The number of hydrogen-bond acceptors (Lipinski definition) is 2. The molecule has 0 saturated heterocycles. The lowest BCUT2D eigenvalue weighted by Crippen LogP contribution is -2.30. The largest absolute Gasteiger partial charge is 0.480 e. The van der Waals surface area contributed by atoms with Crippen molar-refractivity contribution < 1.29 is 19.8 Å². The van der Waals surface area contributed by atoms with Crippen LogP contribution in [0.5, 0.6) is 0 Å². The first-order valence-electron chi connectivity index (χ1n) is 8.91. The van der Waals surface area contributed by atoms with E-state index in [1.807, 2.05) is 13.0 Å². The molecule has 2 N–H and O–H groups in total. The molecule has 1 aliphatic rings. The number of carbonyl (C=O) groups is 2. The van der Waals surface area contributed by atoms with Crippen LogP contribution < -0.4 is 0 Å². The van der Waals surface area contributed by atoms with Gasteiger partial charge in [-0.1, -0.05) is 48.8 Å². The van der Waals surface area contributed by atoms with Crippen LogP contribution in [-0.2, 0) is 9.59 Å². The molecule has 140 valence electrons. The van der Waals surface area contributed by atoms with Crippen LogP contribution in [0.3, 0.4) is 0 Å². The van der Waals surface area contributed by atoms with Gasteiger partial charge in [-0.15, -0.1) is 0 Å². The fourth-order valence-electron chi connectivity index (χ4n) is 3.65. The predicted octanol–water partition coefficient (Wildman–Crippen LogP) is 5.22. The maximum Gasteiger partial charge on any atom is 0.322 e. The molecule has 0 bridgehead atoms. The molecule has 1 aliphatic carbocycles. The minimum Gasteiger partial charge on any atom is -0.480 e. The first-order valence-corrected chi connectivity index (χ1v) is 8.91. The Morgan fingerprint density at radius 3 is 1.80 bits per heavy atom. The Kier molecular flexibility index (Phi) is 6.81. The van der Waals surface area contributed by atoms with Gasteiger partial charge < -0.3 is 10.2 Å². The van der Waals surface area contributed by atoms with E-state index < -0.39 is 28.7 Å². The first-order chi connectivity index (χ1) is 11.5. The van der Waals surface area contributed by atoms with Gasteiger partial charge >= 0.3 is 11.9 Å². The summed E-state index contributed by atoms with van der Waals surface area (Å²) in [5.74, 6) is -2.94.